The van der Waals surface area contributed by atoms with Crippen LogP contribution >= 0.6 is 24.0 Å². The molecule has 1 heterocycles. The number of methoxy groups -OCH3 is 1. The van der Waals surface area contributed by atoms with Crippen LogP contribution in [0.15, 0.2) is 35.5 Å². The van der Waals surface area contributed by atoms with Crippen LogP contribution in [0.2, 0.25) is 0 Å². The first-order chi connectivity index (χ1) is 13.0. The maximum atomic E-state index is 13.7. The molecule has 0 saturated carbocycles. The largest absolute Gasteiger partial charge is 0.496 e. The van der Waals surface area contributed by atoms with Crippen LogP contribution in [0.5, 0.6) is 11.5 Å². The molecule has 1 unspecified atom stereocenters. The molecule has 2 rings (SSSR count). The highest BCUT2D eigenvalue weighted by atomic mass is 127. The number of guanidine groups is 1. The first-order valence-electron chi connectivity index (χ1n) is 8.81. The molecule has 0 saturated heterocycles. The lowest BCUT2D eigenvalue weighted by Crippen LogP contribution is -2.41. The fourth-order valence-corrected chi connectivity index (χ4v) is 2.68. The zero-order valence-corrected chi connectivity index (χ0v) is 19.2. The molecule has 6 nitrogen and oxygen atoms in total. The molecule has 8 heteroatoms. The minimum absolute atomic E-state index is 0. The smallest absolute Gasteiger partial charge is 0.191 e. The lowest BCUT2D eigenvalue weighted by atomic mass is 10.1. The van der Waals surface area contributed by atoms with Crippen molar-refractivity contribution >= 4 is 29.9 Å². The molecule has 28 heavy (non-hydrogen) atoms. The highest BCUT2D eigenvalue weighted by molar-refractivity contribution is 14.0. The van der Waals surface area contributed by atoms with Crippen molar-refractivity contribution in [2.75, 3.05) is 20.7 Å². The van der Waals surface area contributed by atoms with Gasteiger partial charge in [-0.2, -0.15) is 0 Å². The van der Waals surface area contributed by atoms with Gasteiger partial charge >= 0.3 is 0 Å². The quantitative estimate of drug-likeness (QED) is 0.344. The molecule has 1 atom stereocenters. The first-order valence-corrected chi connectivity index (χ1v) is 8.81. The second kappa shape index (κ2) is 11.7. The van der Waals surface area contributed by atoms with E-state index in [-0.39, 0.29) is 41.6 Å². The van der Waals surface area contributed by atoms with Crippen molar-refractivity contribution in [1.29, 1.82) is 0 Å². The number of hydrogen-bond donors (Lipinski definition) is 2. The third kappa shape index (κ3) is 6.50. The van der Waals surface area contributed by atoms with E-state index in [1.807, 2.05) is 20.8 Å². The number of aliphatic imine (C=N–C) groups is 1. The van der Waals surface area contributed by atoms with Crippen molar-refractivity contribution in [3.63, 3.8) is 0 Å². The molecule has 0 fully saturated rings. The van der Waals surface area contributed by atoms with Crippen molar-refractivity contribution in [3.05, 3.63) is 53.1 Å². The summed E-state index contributed by atoms with van der Waals surface area (Å²) in [6.45, 7) is 6.79. The lowest BCUT2D eigenvalue weighted by molar-refractivity contribution is 0.214. The Kier molecular flexibility index (Phi) is 9.98. The minimum atomic E-state index is -0.373. The van der Waals surface area contributed by atoms with Crippen LogP contribution < -0.4 is 20.1 Å². The molecule has 0 spiro atoms. The van der Waals surface area contributed by atoms with Crippen LogP contribution in [0.1, 0.15) is 23.7 Å². The standard InChI is InChI=1S/C20H27FN4O2.HI/c1-13-10-23-17(15(3)19(13)26-5)12-25-20(22-4)24-11-14(2)27-18-9-7-6-8-16(18)21;/h6-10,14H,11-12H2,1-5H3,(H2,22,24,25);1H. The molecule has 2 N–H and O–H groups in total. The van der Waals surface area contributed by atoms with E-state index in [2.05, 4.69) is 20.6 Å². The summed E-state index contributed by atoms with van der Waals surface area (Å²) in [7, 11) is 3.34. The van der Waals surface area contributed by atoms with Gasteiger partial charge in [0, 0.05) is 24.4 Å². The monoisotopic (exact) mass is 502 g/mol. The number of aromatic nitrogens is 1. The highest BCUT2D eigenvalue weighted by Crippen LogP contribution is 2.23. The van der Waals surface area contributed by atoms with Gasteiger partial charge in [-0.15, -0.1) is 24.0 Å². The van der Waals surface area contributed by atoms with Gasteiger partial charge in [-0.25, -0.2) is 4.39 Å². The highest BCUT2D eigenvalue weighted by Gasteiger charge is 2.11. The van der Waals surface area contributed by atoms with E-state index >= 15 is 0 Å². The molecule has 154 valence electrons. The van der Waals surface area contributed by atoms with Gasteiger partial charge in [0.1, 0.15) is 11.9 Å². The predicted octanol–water partition coefficient (Wildman–Crippen LogP) is 3.60. The Morgan fingerprint density at radius 2 is 1.96 bits per heavy atom. The van der Waals surface area contributed by atoms with Gasteiger partial charge < -0.3 is 20.1 Å². The Hall–Kier alpha value is -2.10. The van der Waals surface area contributed by atoms with E-state index in [9.17, 15) is 4.39 Å². The summed E-state index contributed by atoms with van der Waals surface area (Å²) < 4.78 is 24.7. The number of ether oxygens (including phenoxy) is 2. The van der Waals surface area contributed by atoms with Crippen LogP contribution in [0.3, 0.4) is 0 Å². The van der Waals surface area contributed by atoms with Crippen molar-refractivity contribution in [1.82, 2.24) is 15.6 Å². The third-order valence-electron chi connectivity index (χ3n) is 4.12. The number of pyridine rings is 1. The number of rotatable bonds is 7. The van der Waals surface area contributed by atoms with E-state index in [0.717, 1.165) is 22.6 Å². The maximum Gasteiger partial charge on any atom is 0.191 e. The summed E-state index contributed by atoms with van der Waals surface area (Å²) in [5.41, 5.74) is 2.88. The molecule has 1 aromatic heterocycles. The molecule has 0 aliphatic heterocycles. The van der Waals surface area contributed by atoms with Gasteiger partial charge in [0.2, 0.25) is 0 Å². The molecule has 0 amide bonds. The Morgan fingerprint density at radius 3 is 2.61 bits per heavy atom. The number of halogens is 2. The fraction of sp³-hybridized carbons (Fsp3) is 0.400. The van der Waals surface area contributed by atoms with Crippen molar-refractivity contribution < 1.29 is 13.9 Å². The SMILES string of the molecule is CN=C(NCc1ncc(C)c(OC)c1C)NCC(C)Oc1ccccc1F.I. The van der Waals surface area contributed by atoms with Crippen LogP contribution in [-0.4, -0.2) is 37.7 Å². The van der Waals surface area contributed by atoms with Gasteiger partial charge in [0.05, 0.1) is 25.9 Å². The summed E-state index contributed by atoms with van der Waals surface area (Å²) in [4.78, 5) is 8.66. The number of para-hydroxylation sites is 1. The van der Waals surface area contributed by atoms with Gasteiger partial charge in [-0.3, -0.25) is 9.98 Å². The molecule has 0 bridgehead atoms. The van der Waals surface area contributed by atoms with Crippen molar-refractivity contribution in [2.24, 2.45) is 4.99 Å². The summed E-state index contributed by atoms with van der Waals surface area (Å²) >= 11 is 0. The van der Waals surface area contributed by atoms with E-state index in [1.165, 1.54) is 6.07 Å². The van der Waals surface area contributed by atoms with Crippen LogP contribution in [0, 0.1) is 19.7 Å². The van der Waals surface area contributed by atoms with E-state index in [0.29, 0.717) is 19.0 Å². The average Bonchev–Trinajstić information content (AvgIpc) is 2.65. The predicted molar refractivity (Wildman–Crippen MR) is 120 cm³/mol. The Balaban J connectivity index is 0.00000392. The Labute approximate surface area is 183 Å². The normalized spacial score (nSPS) is 12.0. The number of nitrogens with zero attached hydrogens (tertiary/aromatic N) is 2. The van der Waals surface area contributed by atoms with Crippen molar-refractivity contribution in [2.45, 2.75) is 33.4 Å². The number of hydrogen-bond acceptors (Lipinski definition) is 4. The summed E-state index contributed by atoms with van der Waals surface area (Å²) in [5.74, 6) is 1.32. The summed E-state index contributed by atoms with van der Waals surface area (Å²) in [6.07, 6.45) is 1.56. The zero-order chi connectivity index (χ0) is 19.8. The second-order valence-electron chi connectivity index (χ2n) is 6.21. The van der Waals surface area contributed by atoms with Gasteiger partial charge in [0.25, 0.3) is 0 Å². The van der Waals surface area contributed by atoms with E-state index in [4.69, 9.17) is 9.47 Å². The molecule has 0 aliphatic rings. The van der Waals surface area contributed by atoms with E-state index < -0.39 is 0 Å². The minimum Gasteiger partial charge on any atom is -0.496 e. The van der Waals surface area contributed by atoms with Crippen molar-refractivity contribution in [3.8, 4) is 11.5 Å². The molecule has 1 aromatic carbocycles. The third-order valence-corrected chi connectivity index (χ3v) is 4.12. The molecule has 0 aliphatic carbocycles. The molecular weight excluding hydrogens is 474 g/mol. The summed E-state index contributed by atoms with van der Waals surface area (Å²) in [5, 5.41) is 6.39. The topological polar surface area (TPSA) is 67.8 Å². The van der Waals surface area contributed by atoms with Crippen LogP contribution in [0.4, 0.5) is 4.39 Å². The fourth-order valence-electron chi connectivity index (χ4n) is 2.68. The molecular formula is C20H28FIN4O2. The lowest BCUT2D eigenvalue weighted by Gasteiger charge is -2.18. The number of aryl methyl sites for hydroxylation is 1. The number of nitrogens with one attached hydrogen (secondary N) is 2. The van der Waals surface area contributed by atoms with Gasteiger partial charge in [-0.05, 0) is 32.9 Å². The second-order valence-corrected chi connectivity index (χ2v) is 6.21. The maximum absolute atomic E-state index is 13.7. The zero-order valence-electron chi connectivity index (χ0n) is 16.9. The van der Waals surface area contributed by atoms with Gasteiger partial charge in [0.15, 0.2) is 17.5 Å². The molecule has 0 radical (unpaired) electrons. The Morgan fingerprint density at radius 1 is 1.25 bits per heavy atom. The Bertz CT molecular complexity index is 802. The summed E-state index contributed by atoms with van der Waals surface area (Å²) in [6, 6.07) is 6.36. The van der Waals surface area contributed by atoms with Gasteiger partial charge in [-0.1, -0.05) is 12.1 Å². The first kappa shape index (κ1) is 23.9. The molecule has 2 aromatic rings. The van der Waals surface area contributed by atoms with E-state index in [1.54, 1.807) is 38.6 Å². The number of benzene rings is 1. The van der Waals surface area contributed by atoms with Crippen LogP contribution in [0.25, 0.3) is 0 Å². The average molecular weight is 502 g/mol. The van der Waals surface area contributed by atoms with Crippen LogP contribution in [-0.2, 0) is 6.54 Å².